The maximum absolute atomic E-state index is 13.0. The zero-order chi connectivity index (χ0) is 24.1. The first kappa shape index (κ1) is 22.9. The number of para-hydroxylation sites is 1. The molecule has 0 unspecified atom stereocenters. The Labute approximate surface area is 195 Å². The summed E-state index contributed by atoms with van der Waals surface area (Å²) in [5, 5.41) is 2.70. The van der Waals surface area contributed by atoms with Crippen LogP contribution in [0.4, 0.5) is 11.4 Å². The molecule has 3 aromatic carbocycles. The van der Waals surface area contributed by atoms with E-state index < -0.39 is 21.8 Å². The second-order valence-corrected chi connectivity index (χ2v) is 8.87. The molecule has 34 heavy (non-hydrogen) atoms. The third kappa shape index (κ3) is 5.38. The van der Waals surface area contributed by atoms with Crippen LogP contribution in [0, 0.1) is 0 Å². The molecule has 0 spiro atoms. The summed E-state index contributed by atoms with van der Waals surface area (Å²) in [4.78, 5) is 23.7. The molecule has 2 amide bonds. The molecule has 10 nitrogen and oxygen atoms in total. The first-order chi connectivity index (χ1) is 16.3. The third-order valence-corrected chi connectivity index (χ3v) is 6.10. The third-order valence-electron chi connectivity index (χ3n) is 4.73. The highest BCUT2D eigenvalue weighted by molar-refractivity contribution is 7.92. The number of hydrogen-bond acceptors (Lipinski definition) is 7. The highest BCUT2D eigenvalue weighted by Crippen LogP contribution is 2.33. The van der Waals surface area contributed by atoms with Crippen LogP contribution in [0.2, 0.25) is 0 Å². The van der Waals surface area contributed by atoms with Gasteiger partial charge in [0.05, 0.1) is 16.1 Å². The summed E-state index contributed by atoms with van der Waals surface area (Å²) in [6, 6.07) is 16.8. The van der Waals surface area contributed by atoms with E-state index >= 15 is 0 Å². The minimum atomic E-state index is -4.01. The highest BCUT2D eigenvalue weighted by Gasteiger charge is 2.22. The van der Waals surface area contributed by atoms with Gasteiger partial charge in [0.2, 0.25) is 0 Å². The van der Waals surface area contributed by atoms with Gasteiger partial charge in [0.1, 0.15) is 19.0 Å². The summed E-state index contributed by atoms with van der Waals surface area (Å²) in [6.45, 7) is 0.455. The van der Waals surface area contributed by atoms with Crippen LogP contribution in [0.1, 0.15) is 10.4 Å². The SMILES string of the molecule is NC(=O)COc1ccc(NC(=O)c2ccccc2NS(=O)(=O)c2ccc3c(c2)OCCO3)cc1. The second kappa shape index (κ2) is 9.71. The Morgan fingerprint density at radius 2 is 1.65 bits per heavy atom. The molecule has 0 saturated carbocycles. The van der Waals surface area contributed by atoms with E-state index in [1.807, 2.05) is 0 Å². The zero-order valence-electron chi connectivity index (χ0n) is 17.8. The predicted molar refractivity (Wildman–Crippen MR) is 124 cm³/mol. The first-order valence-electron chi connectivity index (χ1n) is 10.2. The highest BCUT2D eigenvalue weighted by atomic mass is 32.2. The molecular weight excluding hydrogens is 462 g/mol. The Morgan fingerprint density at radius 1 is 0.941 bits per heavy atom. The van der Waals surface area contributed by atoms with Crippen molar-refractivity contribution < 1.29 is 32.2 Å². The number of nitrogens with one attached hydrogen (secondary N) is 2. The summed E-state index contributed by atoms with van der Waals surface area (Å²) in [7, 11) is -4.01. The van der Waals surface area contributed by atoms with Crippen molar-refractivity contribution >= 4 is 33.2 Å². The maximum Gasteiger partial charge on any atom is 0.262 e. The fourth-order valence-electron chi connectivity index (χ4n) is 3.15. The van der Waals surface area contributed by atoms with Gasteiger partial charge >= 0.3 is 0 Å². The van der Waals surface area contributed by atoms with Gasteiger partial charge in [-0.25, -0.2) is 8.42 Å². The van der Waals surface area contributed by atoms with Gasteiger partial charge in [-0.05, 0) is 48.5 Å². The van der Waals surface area contributed by atoms with E-state index in [1.54, 1.807) is 36.4 Å². The number of fused-ring (bicyclic) bond motifs is 1. The Balaban J connectivity index is 1.50. The fourth-order valence-corrected chi connectivity index (χ4v) is 4.25. The van der Waals surface area contributed by atoms with E-state index in [9.17, 15) is 18.0 Å². The lowest BCUT2D eigenvalue weighted by Crippen LogP contribution is -2.20. The van der Waals surface area contributed by atoms with Crippen molar-refractivity contribution in [3.05, 3.63) is 72.3 Å². The van der Waals surface area contributed by atoms with Crippen LogP contribution in [0.15, 0.2) is 71.6 Å². The van der Waals surface area contributed by atoms with Gasteiger partial charge in [-0.1, -0.05) is 12.1 Å². The van der Waals surface area contributed by atoms with E-state index in [4.69, 9.17) is 19.9 Å². The average Bonchev–Trinajstić information content (AvgIpc) is 2.83. The van der Waals surface area contributed by atoms with Crippen LogP contribution in [0.25, 0.3) is 0 Å². The Kier molecular flexibility index (Phi) is 6.55. The number of carbonyl (C=O) groups is 2. The van der Waals surface area contributed by atoms with E-state index in [0.29, 0.717) is 36.1 Å². The van der Waals surface area contributed by atoms with Gasteiger partial charge < -0.3 is 25.3 Å². The molecule has 176 valence electrons. The number of amides is 2. The summed E-state index contributed by atoms with van der Waals surface area (Å²) in [5.74, 6) is 0.0859. The van der Waals surface area contributed by atoms with Gasteiger partial charge in [0.15, 0.2) is 18.1 Å². The molecule has 1 aliphatic heterocycles. The standard InChI is InChI=1S/C23H21N3O7S/c24-22(27)14-33-16-7-5-15(6-8-16)25-23(28)18-3-1-2-4-19(18)26-34(29,30)17-9-10-20-21(13-17)32-12-11-31-20/h1-10,13,26H,11-12,14H2,(H2,24,27)(H,25,28). The van der Waals surface area contributed by atoms with Crippen LogP contribution in [0.3, 0.4) is 0 Å². The number of nitrogens with two attached hydrogens (primary N) is 1. The van der Waals surface area contributed by atoms with Crippen molar-refractivity contribution in [1.29, 1.82) is 0 Å². The summed E-state index contributed by atoms with van der Waals surface area (Å²) in [6.07, 6.45) is 0. The van der Waals surface area contributed by atoms with E-state index in [2.05, 4.69) is 10.0 Å². The Morgan fingerprint density at radius 3 is 2.38 bits per heavy atom. The number of rotatable bonds is 8. The van der Waals surface area contributed by atoms with Crippen LogP contribution < -0.4 is 30.0 Å². The number of carbonyl (C=O) groups excluding carboxylic acids is 2. The van der Waals surface area contributed by atoms with Gasteiger partial charge in [0, 0.05) is 11.8 Å². The summed E-state index contributed by atoms with van der Waals surface area (Å²) >= 11 is 0. The number of anilines is 2. The Hall–Kier alpha value is -4.25. The molecule has 11 heteroatoms. The van der Waals surface area contributed by atoms with Gasteiger partial charge in [0.25, 0.3) is 21.8 Å². The van der Waals surface area contributed by atoms with Crippen LogP contribution in [-0.4, -0.2) is 40.1 Å². The van der Waals surface area contributed by atoms with Crippen molar-refractivity contribution in [3.63, 3.8) is 0 Å². The normalized spacial score (nSPS) is 12.5. The van der Waals surface area contributed by atoms with E-state index in [1.165, 1.54) is 30.3 Å². The molecule has 0 saturated heterocycles. The minimum absolute atomic E-state index is 0.0292. The quantitative estimate of drug-likeness (QED) is 0.446. The molecule has 0 bridgehead atoms. The summed E-state index contributed by atoms with van der Waals surface area (Å²) < 4.78 is 44.5. The summed E-state index contributed by atoms with van der Waals surface area (Å²) in [5.41, 5.74) is 5.72. The number of ether oxygens (including phenoxy) is 3. The molecule has 0 fully saturated rings. The van der Waals surface area contributed by atoms with Gasteiger partial charge in [-0.3, -0.25) is 14.3 Å². The molecule has 0 radical (unpaired) electrons. The lowest BCUT2D eigenvalue weighted by atomic mass is 10.1. The molecule has 3 aromatic rings. The van der Waals surface area contributed by atoms with Crippen LogP contribution >= 0.6 is 0 Å². The van der Waals surface area contributed by atoms with E-state index in [-0.39, 0.29) is 22.8 Å². The average molecular weight is 484 g/mol. The Bertz CT molecular complexity index is 1320. The van der Waals surface area contributed by atoms with Crippen LogP contribution in [-0.2, 0) is 14.8 Å². The molecule has 1 aliphatic rings. The van der Waals surface area contributed by atoms with Crippen LogP contribution in [0.5, 0.6) is 17.2 Å². The van der Waals surface area contributed by atoms with Crippen molar-refractivity contribution in [2.24, 2.45) is 5.73 Å². The predicted octanol–water partition coefficient (Wildman–Crippen LogP) is 2.38. The topological polar surface area (TPSA) is 146 Å². The monoisotopic (exact) mass is 483 g/mol. The molecular formula is C23H21N3O7S. The molecule has 4 rings (SSSR count). The molecule has 1 heterocycles. The van der Waals surface area contributed by atoms with Crippen molar-refractivity contribution in [2.75, 3.05) is 29.9 Å². The number of hydrogen-bond donors (Lipinski definition) is 3. The maximum atomic E-state index is 13.0. The zero-order valence-corrected chi connectivity index (χ0v) is 18.6. The largest absolute Gasteiger partial charge is 0.486 e. The van der Waals surface area contributed by atoms with Crippen molar-refractivity contribution in [1.82, 2.24) is 0 Å². The number of sulfonamides is 1. The number of primary amides is 1. The van der Waals surface area contributed by atoms with Gasteiger partial charge in [-0.2, -0.15) is 0 Å². The van der Waals surface area contributed by atoms with Crippen molar-refractivity contribution in [3.8, 4) is 17.2 Å². The molecule has 0 aliphatic carbocycles. The first-order valence-corrected chi connectivity index (χ1v) is 11.6. The van der Waals surface area contributed by atoms with Crippen molar-refractivity contribution in [2.45, 2.75) is 4.90 Å². The molecule has 4 N–H and O–H groups in total. The molecule has 0 aromatic heterocycles. The van der Waals surface area contributed by atoms with Gasteiger partial charge in [-0.15, -0.1) is 0 Å². The van der Waals surface area contributed by atoms with E-state index in [0.717, 1.165) is 0 Å². The lowest BCUT2D eigenvalue weighted by Gasteiger charge is -2.19. The minimum Gasteiger partial charge on any atom is -0.486 e. The number of benzene rings is 3. The lowest BCUT2D eigenvalue weighted by molar-refractivity contribution is -0.119. The molecule has 0 atom stereocenters. The second-order valence-electron chi connectivity index (χ2n) is 7.19. The fraction of sp³-hybridized carbons (Fsp3) is 0.130. The smallest absolute Gasteiger partial charge is 0.262 e.